The number of hydrogen-bond donors (Lipinski definition) is 2. The van der Waals surface area contributed by atoms with Gasteiger partial charge in [0.25, 0.3) is 0 Å². The SMILES string of the molecule is COc1cccc(NC(=O)NCc2noc3ccc(C)cc23)c1. The van der Waals surface area contributed by atoms with Crippen molar-refractivity contribution >= 4 is 22.7 Å². The molecule has 0 aliphatic rings. The number of aryl methyl sites for hydroxylation is 1. The van der Waals surface area contributed by atoms with Crippen molar-refractivity contribution in [3.8, 4) is 5.75 Å². The van der Waals surface area contributed by atoms with Gasteiger partial charge < -0.3 is 19.9 Å². The Kier molecular flexibility index (Phi) is 4.14. The molecule has 6 heteroatoms. The molecule has 118 valence electrons. The zero-order valence-corrected chi connectivity index (χ0v) is 12.9. The Balaban J connectivity index is 1.65. The number of fused-ring (bicyclic) bond motifs is 1. The van der Waals surface area contributed by atoms with Gasteiger partial charge in [0.15, 0.2) is 5.58 Å². The van der Waals surface area contributed by atoms with Crippen LogP contribution in [0.2, 0.25) is 0 Å². The molecule has 0 atom stereocenters. The maximum atomic E-state index is 12.0. The lowest BCUT2D eigenvalue weighted by molar-refractivity contribution is 0.251. The zero-order chi connectivity index (χ0) is 16.2. The molecule has 0 saturated carbocycles. The second kappa shape index (κ2) is 6.39. The van der Waals surface area contributed by atoms with E-state index in [4.69, 9.17) is 9.26 Å². The van der Waals surface area contributed by atoms with Crippen LogP contribution in [0.5, 0.6) is 5.75 Å². The number of methoxy groups -OCH3 is 1. The van der Waals surface area contributed by atoms with Gasteiger partial charge in [-0.05, 0) is 31.2 Å². The number of rotatable bonds is 4. The Bertz CT molecular complexity index is 842. The number of anilines is 1. The highest BCUT2D eigenvalue weighted by atomic mass is 16.5. The van der Waals surface area contributed by atoms with Gasteiger partial charge in [-0.25, -0.2) is 4.79 Å². The minimum Gasteiger partial charge on any atom is -0.497 e. The van der Waals surface area contributed by atoms with Crippen molar-refractivity contribution in [3.05, 3.63) is 53.7 Å². The van der Waals surface area contributed by atoms with Gasteiger partial charge in [0, 0.05) is 17.1 Å². The molecular formula is C17H17N3O3. The summed E-state index contributed by atoms with van der Waals surface area (Å²) in [4.78, 5) is 12.0. The molecule has 1 heterocycles. The minimum atomic E-state index is -0.318. The summed E-state index contributed by atoms with van der Waals surface area (Å²) < 4.78 is 10.4. The number of ether oxygens (including phenoxy) is 1. The first-order valence-corrected chi connectivity index (χ1v) is 7.19. The van der Waals surface area contributed by atoms with Crippen molar-refractivity contribution in [2.24, 2.45) is 0 Å². The fourth-order valence-corrected chi connectivity index (χ4v) is 2.27. The van der Waals surface area contributed by atoms with E-state index in [9.17, 15) is 4.79 Å². The van der Waals surface area contributed by atoms with Gasteiger partial charge in [0.05, 0.1) is 13.7 Å². The number of hydrogen-bond acceptors (Lipinski definition) is 4. The van der Waals surface area contributed by atoms with Crippen molar-refractivity contribution < 1.29 is 14.1 Å². The van der Waals surface area contributed by atoms with Crippen LogP contribution in [0.15, 0.2) is 47.0 Å². The van der Waals surface area contributed by atoms with Crippen LogP contribution in [-0.2, 0) is 6.54 Å². The minimum absolute atomic E-state index is 0.284. The largest absolute Gasteiger partial charge is 0.497 e. The molecule has 3 aromatic rings. The topological polar surface area (TPSA) is 76.4 Å². The standard InChI is InChI=1S/C17H17N3O3/c1-11-6-7-16-14(8-11)15(20-23-16)10-18-17(21)19-12-4-3-5-13(9-12)22-2/h3-9H,10H2,1-2H3,(H2,18,19,21). The summed E-state index contributed by atoms with van der Waals surface area (Å²) in [6.45, 7) is 2.28. The van der Waals surface area contributed by atoms with Crippen LogP contribution >= 0.6 is 0 Å². The number of urea groups is 1. The Morgan fingerprint density at radius 3 is 2.96 bits per heavy atom. The highest BCUT2D eigenvalue weighted by Crippen LogP contribution is 2.20. The third kappa shape index (κ3) is 3.42. The maximum absolute atomic E-state index is 12.0. The first-order valence-electron chi connectivity index (χ1n) is 7.19. The van der Waals surface area contributed by atoms with Crippen LogP contribution in [0.25, 0.3) is 11.0 Å². The van der Waals surface area contributed by atoms with Gasteiger partial charge in [-0.15, -0.1) is 0 Å². The Morgan fingerprint density at radius 1 is 1.26 bits per heavy atom. The molecule has 0 aliphatic carbocycles. The summed E-state index contributed by atoms with van der Waals surface area (Å²) in [7, 11) is 1.58. The van der Waals surface area contributed by atoms with Crippen LogP contribution in [0.1, 0.15) is 11.3 Å². The van der Waals surface area contributed by atoms with E-state index in [0.29, 0.717) is 22.7 Å². The van der Waals surface area contributed by atoms with E-state index >= 15 is 0 Å². The molecule has 2 N–H and O–H groups in total. The quantitative estimate of drug-likeness (QED) is 0.773. The number of aromatic nitrogens is 1. The van der Waals surface area contributed by atoms with Crippen LogP contribution in [0.3, 0.4) is 0 Å². The van der Waals surface area contributed by atoms with Crippen molar-refractivity contribution in [1.29, 1.82) is 0 Å². The van der Waals surface area contributed by atoms with Gasteiger partial charge in [0.1, 0.15) is 11.4 Å². The van der Waals surface area contributed by atoms with E-state index in [1.54, 1.807) is 19.2 Å². The van der Waals surface area contributed by atoms with Gasteiger partial charge in [-0.2, -0.15) is 0 Å². The Labute approximate surface area is 133 Å². The highest BCUT2D eigenvalue weighted by Gasteiger charge is 2.10. The predicted octanol–water partition coefficient (Wildman–Crippen LogP) is 3.47. The lowest BCUT2D eigenvalue weighted by Crippen LogP contribution is -2.28. The van der Waals surface area contributed by atoms with E-state index in [1.807, 2.05) is 37.3 Å². The molecule has 1 aromatic heterocycles. The van der Waals surface area contributed by atoms with E-state index in [1.165, 1.54) is 0 Å². The van der Waals surface area contributed by atoms with E-state index in [-0.39, 0.29) is 12.6 Å². The van der Waals surface area contributed by atoms with Crippen molar-refractivity contribution in [1.82, 2.24) is 10.5 Å². The molecule has 0 fully saturated rings. The first-order chi connectivity index (χ1) is 11.2. The lowest BCUT2D eigenvalue weighted by atomic mass is 10.1. The molecule has 2 amide bonds. The third-order valence-corrected chi connectivity index (χ3v) is 3.44. The second-order valence-electron chi connectivity index (χ2n) is 5.17. The van der Waals surface area contributed by atoms with Crippen LogP contribution in [0, 0.1) is 6.92 Å². The molecule has 2 aromatic carbocycles. The normalized spacial score (nSPS) is 10.5. The molecule has 3 rings (SSSR count). The fraction of sp³-hybridized carbons (Fsp3) is 0.176. The molecule has 6 nitrogen and oxygen atoms in total. The van der Waals surface area contributed by atoms with Crippen molar-refractivity contribution in [2.75, 3.05) is 12.4 Å². The monoisotopic (exact) mass is 311 g/mol. The molecule has 0 unspecified atom stereocenters. The molecule has 23 heavy (non-hydrogen) atoms. The summed E-state index contributed by atoms with van der Waals surface area (Å²) >= 11 is 0. The molecular weight excluding hydrogens is 294 g/mol. The summed E-state index contributed by atoms with van der Waals surface area (Å²) in [5.74, 6) is 0.681. The number of benzene rings is 2. The molecule has 0 spiro atoms. The average Bonchev–Trinajstić information content (AvgIpc) is 2.95. The number of nitrogens with one attached hydrogen (secondary N) is 2. The summed E-state index contributed by atoms with van der Waals surface area (Å²) in [6.07, 6.45) is 0. The molecule has 0 saturated heterocycles. The van der Waals surface area contributed by atoms with Crippen LogP contribution < -0.4 is 15.4 Å². The smallest absolute Gasteiger partial charge is 0.319 e. The number of carbonyl (C=O) groups is 1. The van der Waals surface area contributed by atoms with Gasteiger partial charge in [-0.1, -0.05) is 22.9 Å². The second-order valence-corrected chi connectivity index (χ2v) is 5.17. The van der Waals surface area contributed by atoms with E-state index < -0.39 is 0 Å². The predicted molar refractivity (Wildman–Crippen MR) is 87.6 cm³/mol. The first kappa shape index (κ1) is 14.9. The highest BCUT2D eigenvalue weighted by molar-refractivity contribution is 5.89. The summed E-state index contributed by atoms with van der Waals surface area (Å²) in [5, 5.41) is 10.4. The lowest BCUT2D eigenvalue weighted by Gasteiger charge is -2.07. The van der Waals surface area contributed by atoms with Crippen LogP contribution in [-0.4, -0.2) is 18.3 Å². The number of amides is 2. The Hall–Kier alpha value is -3.02. The van der Waals surface area contributed by atoms with Gasteiger partial charge in [0.2, 0.25) is 0 Å². The maximum Gasteiger partial charge on any atom is 0.319 e. The van der Waals surface area contributed by atoms with Gasteiger partial charge in [-0.3, -0.25) is 0 Å². The van der Waals surface area contributed by atoms with E-state index in [0.717, 1.165) is 10.9 Å². The third-order valence-electron chi connectivity index (χ3n) is 3.44. The molecule has 0 radical (unpaired) electrons. The number of nitrogens with zero attached hydrogens (tertiary/aromatic N) is 1. The van der Waals surface area contributed by atoms with Crippen molar-refractivity contribution in [3.63, 3.8) is 0 Å². The van der Waals surface area contributed by atoms with Crippen LogP contribution in [0.4, 0.5) is 10.5 Å². The zero-order valence-electron chi connectivity index (χ0n) is 12.9. The molecule has 0 bridgehead atoms. The van der Waals surface area contributed by atoms with Crippen molar-refractivity contribution in [2.45, 2.75) is 13.5 Å². The van der Waals surface area contributed by atoms with Gasteiger partial charge >= 0.3 is 6.03 Å². The Morgan fingerprint density at radius 2 is 2.13 bits per heavy atom. The number of carbonyl (C=O) groups excluding carboxylic acids is 1. The average molecular weight is 311 g/mol. The molecule has 0 aliphatic heterocycles. The van der Waals surface area contributed by atoms with E-state index in [2.05, 4.69) is 15.8 Å². The fourth-order valence-electron chi connectivity index (χ4n) is 2.27. The summed E-state index contributed by atoms with van der Waals surface area (Å²) in [6, 6.07) is 12.7. The summed E-state index contributed by atoms with van der Waals surface area (Å²) in [5.41, 5.74) is 3.18.